The first-order valence-electron chi connectivity index (χ1n) is 7.13. The monoisotopic (exact) mass is 287 g/mol. The van der Waals surface area contributed by atoms with Crippen LogP contribution in [0.15, 0.2) is 0 Å². The van der Waals surface area contributed by atoms with E-state index in [9.17, 15) is 9.59 Å². The first kappa shape index (κ1) is 18.7. The van der Waals surface area contributed by atoms with E-state index in [2.05, 4.69) is 5.32 Å². The third-order valence-electron chi connectivity index (χ3n) is 3.07. The Balaban J connectivity index is 4.70. The fourth-order valence-electron chi connectivity index (χ4n) is 2.21. The van der Waals surface area contributed by atoms with Gasteiger partial charge in [0.15, 0.2) is 0 Å². The van der Waals surface area contributed by atoms with Crippen LogP contribution in [0.3, 0.4) is 0 Å². The Hall–Kier alpha value is -1.30. The van der Waals surface area contributed by atoms with Gasteiger partial charge < -0.3 is 20.2 Å². The highest BCUT2D eigenvalue weighted by Gasteiger charge is 2.25. The lowest BCUT2D eigenvalue weighted by Crippen LogP contribution is -2.52. The van der Waals surface area contributed by atoms with Gasteiger partial charge in [-0.25, -0.2) is 9.59 Å². The molecular formula is C14H29N3O3. The Kier molecular flexibility index (Phi) is 8.22. The lowest BCUT2D eigenvalue weighted by atomic mass is 10.0. The normalized spacial score (nSPS) is 14.2. The van der Waals surface area contributed by atoms with E-state index in [0.29, 0.717) is 13.0 Å². The fraction of sp³-hybridized carbons (Fsp3) is 0.857. The smallest absolute Gasteiger partial charge is 0.326 e. The van der Waals surface area contributed by atoms with Crippen LogP contribution in [0, 0.1) is 5.92 Å². The average molecular weight is 287 g/mol. The van der Waals surface area contributed by atoms with Gasteiger partial charge in [-0.2, -0.15) is 0 Å². The summed E-state index contributed by atoms with van der Waals surface area (Å²) in [4.78, 5) is 27.1. The SMILES string of the molecule is CCN(C(=O)N[C@H](CC(C)C)C(=O)O)C(C)CN(C)C. The molecule has 0 fully saturated rings. The molecule has 0 bridgehead atoms. The molecule has 0 spiro atoms. The lowest BCUT2D eigenvalue weighted by molar-refractivity contribution is -0.139. The Labute approximate surface area is 122 Å². The standard InChI is InChI=1S/C14H29N3O3/c1-7-17(11(4)9-16(5)6)14(20)15-12(13(18)19)8-10(2)3/h10-12H,7-9H2,1-6H3,(H,15,20)(H,18,19)/t11?,12-/m1/s1. The van der Waals surface area contributed by atoms with Crippen molar-refractivity contribution in [3.05, 3.63) is 0 Å². The molecule has 2 amide bonds. The molecule has 0 aromatic rings. The number of hydrogen-bond donors (Lipinski definition) is 2. The molecule has 0 aliphatic carbocycles. The summed E-state index contributed by atoms with van der Waals surface area (Å²) >= 11 is 0. The Morgan fingerprint density at radius 3 is 2.10 bits per heavy atom. The molecule has 0 radical (unpaired) electrons. The summed E-state index contributed by atoms with van der Waals surface area (Å²) in [6, 6.07) is -1.11. The van der Waals surface area contributed by atoms with Crippen molar-refractivity contribution >= 4 is 12.0 Å². The van der Waals surface area contributed by atoms with E-state index in [4.69, 9.17) is 5.11 Å². The number of carboxylic acid groups (broad SMARTS) is 1. The number of urea groups is 1. The van der Waals surface area contributed by atoms with Crippen LogP contribution in [0.4, 0.5) is 4.79 Å². The van der Waals surface area contributed by atoms with Gasteiger partial charge in [0.2, 0.25) is 0 Å². The van der Waals surface area contributed by atoms with Crippen LogP contribution in [-0.4, -0.2) is 66.2 Å². The van der Waals surface area contributed by atoms with Crippen LogP contribution in [0.1, 0.15) is 34.1 Å². The van der Waals surface area contributed by atoms with Crippen LogP contribution < -0.4 is 5.32 Å². The van der Waals surface area contributed by atoms with Gasteiger partial charge in [-0.3, -0.25) is 0 Å². The van der Waals surface area contributed by atoms with Crippen LogP contribution in [0.2, 0.25) is 0 Å². The number of likely N-dealkylation sites (N-methyl/N-ethyl adjacent to an activating group) is 2. The number of carboxylic acids is 1. The first-order chi connectivity index (χ1) is 9.18. The Bertz CT molecular complexity index is 319. The number of nitrogens with one attached hydrogen (secondary N) is 1. The van der Waals surface area contributed by atoms with Gasteiger partial charge in [-0.15, -0.1) is 0 Å². The third kappa shape index (κ3) is 6.75. The van der Waals surface area contributed by atoms with Crippen LogP contribution >= 0.6 is 0 Å². The minimum atomic E-state index is -0.983. The summed E-state index contributed by atoms with van der Waals surface area (Å²) in [5.41, 5.74) is 0. The lowest BCUT2D eigenvalue weighted by Gasteiger charge is -2.31. The third-order valence-corrected chi connectivity index (χ3v) is 3.07. The van der Waals surface area contributed by atoms with E-state index >= 15 is 0 Å². The summed E-state index contributed by atoms with van der Waals surface area (Å²) in [6.45, 7) is 9.02. The van der Waals surface area contributed by atoms with E-state index < -0.39 is 12.0 Å². The van der Waals surface area contributed by atoms with Crippen LogP contribution in [-0.2, 0) is 4.79 Å². The number of carbonyl (C=O) groups is 2. The molecule has 20 heavy (non-hydrogen) atoms. The van der Waals surface area contributed by atoms with Gasteiger partial charge >= 0.3 is 12.0 Å². The zero-order valence-electron chi connectivity index (χ0n) is 13.5. The molecule has 1 unspecified atom stereocenters. The van der Waals surface area contributed by atoms with Crippen molar-refractivity contribution in [2.45, 2.75) is 46.2 Å². The van der Waals surface area contributed by atoms with E-state index in [0.717, 1.165) is 6.54 Å². The maximum absolute atomic E-state index is 12.2. The van der Waals surface area contributed by atoms with Crippen molar-refractivity contribution in [1.29, 1.82) is 0 Å². The van der Waals surface area contributed by atoms with Gasteiger partial charge in [0.05, 0.1) is 0 Å². The minimum absolute atomic E-state index is 0.0310. The number of rotatable bonds is 8. The molecule has 6 nitrogen and oxygen atoms in total. The molecule has 0 aromatic carbocycles. The van der Waals surface area contributed by atoms with E-state index in [1.165, 1.54) is 0 Å². The molecule has 6 heteroatoms. The molecule has 0 saturated heterocycles. The van der Waals surface area contributed by atoms with Crippen molar-refractivity contribution in [3.8, 4) is 0 Å². The molecule has 0 saturated carbocycles. The predicted molar refractivity (Wildman–Crippen MR) is 79.8 cm³/mol. The fourth-order valence-corrected chi connectivity index (χ4v) is 2.21. The summed E-state index contributed by atoms with van der Waals surface area (Å²) in [7, 11) is 3.89. The second kappa shape index (κ2) is 8.79. The highest BCUT2D eigenvalue weighted by Crippen LogP contribution is 2.07. The summed E-state index contributed by atoms with van der Waals surface area (Å²) in [6.07, 6.45) is 0.431. The summed E-state index contributed by atoms with van der Waals surface area (Å²) in [5, 5.41) is 11.8. The maximum Gasteiger partial charge on any atom is 0.326 e. The minimum Gasteiger partial charge on any atom is -0.480 e. The van der Waals surface area contributed by atoms with Crippen LogP contribution in [0.5, 0.6) is 0 Å². The number of amides is 2. The second-order valence-corrected chi connectivity index (χ2v) is 5.87. The maximum atomic E-state index is 12.2. The van der Waals surface area contributed by atoms with Crippen molar-refractivity contribution < 1.29 is 14.7 Å². The van der Waals surface area contributed by atoms with Crippen molar-refractivity contribution in [3.63, 3.8) is 0 Å². The van der Waals surface area contributed by atoms with Crippen LogP contribution in [0.25, 0.3) is 0 Å². The predicted octanol–water partition coefficient (Wildman–Crippen LogP) is 1.47. The Morgan fingerprint density at radius 2 is 1.75 bits per heavy atom. The highest BCUT2D eigenvalue weighted by atomic mass is 16.4. The second-order valence-electron chi connectivity index (χ2n) is 5.87. The number of nitrogens with zero attached hydrogens (tertiary/aromatic N) is 2. The summed E-state index contributed by atoms with van der Waals surface area (Å²) < 4.78 is 0. The van der Waals surface area contributed by atoms with E-state index in [1.807, 2.05) is 46.7 Å². The van der Waals surface area contributed by atoms with E-state index in [-0.39, 0.29) is 18.0 Å². The number of carbonyl (C=O) groups excluding carboxylic acids is 1. The van der Waals surface area contributed by atoms with Crippen molar-refractivity contribution in [2.75, 3.05) is 27.2 Å². The first-order valence-corrected chi connectivity index (χ1v) is 7.13. The zero-order valence-corrected chi connectivity index (χ0v) is 13.5. The zero-order chi connectivity index (χ0) is 15.9. The molecule has 0 heterocycles. The van der Waals surface area contributed by atoms with E-state index in [1.54, 1.807) is 4.90 Å². The van der Waals surface area contributed by atoms with Gasteiger partial charge in [0.1, 0.15) is 6.04 Å². The van der Waals surface area contributed by atoms with Gasteiger partial charge in [-0.1, -0.05) is 13.8 Å². The van der Waals surface area contributed by atoms with Gasteiger partial charge in [0.25, 0.3) is 0 Å². The van der Waals surface area contributed by atoms with Crippen molar-refractivity contribution in [1.82, 2.24) is 15.1 Å². The Morgan fingerprint density at radius 1 is 1.20 bits per heavy atom. The molecule has 118 valence electrons. The molecular weight excluding hydrogens is 258 g/mol. The van der Waals surface area contributed by atoms with Gasteiger partial charge in [-0.05, 0) is 40.3 Å². The van der Waals surface area contributed by atoms with Gasteiger partial charge in [0, 0.05) is 19.1 Å². The topological polar surface area (TPSA) is 72.9 Å². The van der Waals surface area contributed by atoms with Crippen molar-refractivity contribution in [2.24, 2.45) is 5.92 Å². The molecule has 2 atom stereocenters. The quantitative estimate of drug-likeness (QED) is 0.709. The average Bonchev–Trinajstić information content (AvgIpc) is 2.26. The molecule has 0 aromatic heterocycles. The molecule has 0 aliphatic rings. The molecule has 0 rings (SSSR count). The summed E-state index contributed by atoms with van der Waals surface area (Å²) in [5.74, 6) is -0.769. The number of aliphatic carboxylic acids is 1. The largest absolute Gasteiger partial charge is 0.480 e. The number of hydrogen-bond acceptors (Lipinski definition) is 3. The molecule has 0 aliphatic heterocycles. The molecule has 2 N–H and O–H groups in total. The highest BCUT2D eigenvalue weighted by molar-refractivity contribution is 5.82.